The lowest BCUT2D eigenvalue weighted by Gasteiger charge is -2.27. The van der Waals surface area contributed by atoms with Crippen molar-refractivity contribution in [1.29, 1.82) is 0 Å². The minimum Gasteiger partial charge on any atom is -0.357 e. The fraction of sp³-hybridized carbons (Fsp3) is 0.273. The van der Waals surface area contributed by atoms with Crippen LogP contribution in [0.1, 0.15) is 48.7 Å². The van der Waals surface area contributed by atoms with Gasteiger partial charge in [0.1, 0.15) is 0 Å². The van der Waals surface area contributed by atoms with Gasteiger partial charge in [0.2, 0.25) is 0 Å². The molecule has 4 rings (SSSR count). The predicted molar refractivity (Wildman–Crippen MR) is 114 cm³/mol. The van der Waals surface area contributed by atoms with Crippen LogP contribution < -0.4 is 10.2 Å². The lowest BCUT2D eigenvalue weighted by molar-refractivity contribution is 0.567. The molecule has 1 fully saturated rings. The molecule has 1 aliphatic rings. The van der Waals surface area contributed by atoms with Crippen LogP contribution in [-0.2, 0) is 7.05 Å². The smallest absolute Gasteiger partial charge is 0.174 e. The van der Waals surface area contributed by atoms with Crippen LogP contribution in [0.15, 0.2) is 67.1 Å². The number of thiocarbonyl (C=S) groups is 1. The van der Waals surface area contributed by atoms with E-state index >= 15 is 0 Å². The highest BCUT2D eigenvalue weighted by Crippen LogP contribution is 2.41. The number of aromatic nitrogens is 2. The molecule has 1 aromatic carbocycles. The Morgan fingerprint density at radius 3 is 2.44 bits per heavy atom. The SMILES string of the molecule is CC(C)c1ccc(N2C(=S)N[C@@H](c3ccccn3)[C@@H]2c2ccn(C)c2)cc1. The molecule has 0 unspecified atom stereocenters. The zero-order valence-electron chi connectivity index (χ0n) is 15.8. The highest BCUT2D eigenvalue weighted by Gasteiger charge is 2.40. The summed E-state index contributed by atoms with van der Waals surface area (Å²) >= 11 is 5.75. The Bertz CT molecular complexity index is 930. The Balaban J connectivity index is 1.78. The van der Waals surface area contributed by atoms with Crippen LogP contribution in [-0.4, -0.2) is 14.7 Å². The summed E-state index contributed by atoms with van der Waals surface area (Å²) in [6, 6.07) is 17.0. The van der Waals surface area contributed by atoms with Crippen molar-refractivity contribution >= 4 is 23.0 Å². The monoisotopic (exact) mass is 376 g/mol. The number of hydrogen-bond donors (Lipinski definition) is 1. The second-order valence-corrected chi connectivity index (χ2v) is 7.74. The van der Waals surface area contributed by atoms with Crippen molar-refractivity contribution in [1.82, 2.24) is 14.9 Å². The van der Waals surface area contributed by atoms with Crippen LogP contribution in [0.3, 0.4) is 0 Å². The fourth-order valence-corrected chi connectivity index (χ4v) is 4.04. The molecule has 3 aromatic rings. The molecule has 1 N–H and O–H groups in total. The maximum atomic E-state index is 5.75. The largest absolute Gasteiger partial charge is 0.357 e. The molecule has 1 aliphatic heterocycles. The van der Waals surface area contributed by atoms with Gasteiger partial charge < -0.3 is 14.8 Å². The van der Waals surface area contributed by atoms with E-state index < -0.39 is 0 Å². The standard InChI is InChI=1S/C22H24N4S/c1-15(2)16-7-9-18(10-8-16)26-21(17-11-13-25(3)14-17)20(24-22(26)27)19-6-4-5-12-23-19/h4-15,20-21H,1-3H3,(H,24,27)/t20-,21-/m0/s1. The highest BCUT2D eigenvalue weighted by atomic mass is 32.1. The zero-order valence-corrected chi connectivity index (χ0v) is 16.6. The van der Waals surface area contributed by atoms with Gasteiger partial charge in [-0.25, -0.2) is 0 Å². The summed E-state index contributed by atoms with van der Waals surface area (Å²) in [5, 5.41) is 4.23. The van der Waals surface area contributed by atoms with Crippen LogP contribution in [0.2, 0.25) is 0 Å². The lowest BCUT2D eigenvalue weighted by Crippen LogP contribution is -2.29. The van der Waals surface area contributed by atoms with Crippen molar-refractivity contribution in [3.63, 3.8) is 0 Å². The zero-order chi connectivity index (χ0) is 19.0. The average Bonchev–Trinajstić information content (AvgIpc) is 3.25. The summed E-state index contributed by atoms with van der Waals surface area (Å²) in [5.74, 6) is 0.508. The summed E-state index contributed by atoms with van der Waals surface area (Å²) < 4.78 is 2.08. The van der Waals surface area contributed by atoms with E-state index in [1.54, 1.807) is 0 Å². The molecule has 0 aliphatic carbocycles. The first-order valence-electron chi connectivity index (χ1n) is 9.27. The number of pyridine rings is 1. The van der Waals surface area contributed by atoms with Crippen molar-refractivity contribution in [3.05, 3.63) is 83.9 Å². The van der Waals surface area contributed by atoms with Gasteiger partial charge in [-0.2, -0.15) is 0 Å². The average molecular weight is 377 g/mol. The predicted octanol–water partition coefficient (Wildman–Crippen LogP) is 4.72. The number of rotatable bonds is 4. The minimum atomic E-state index is 0.00544. The highest BCUT2D eigenvalue weighted by molar-refractivity contribution is 7.80. The van der Waals surface area contributed by atoms with Crippen LogP contribution in [0, 0.1) is 0 Å². The molecular weight excluding hydrogens is 352 g/mol. The van der Waals surface area contributed by atoms with E-state index in [1.165, 1.54) is 11.1 Å². The molecule has 0 radical (unpaired) electrons. The second kappa shape index (κ2) is 7.16. The number of hydrogen-bond acceptors (Lipinski definition) is 2. The number of nitrogens with one attached hydrogen (secondary N) is 1. The first-order valence-corrected chi connectivity index (χ1v) is 9.68. The van der Waals surface area contributed by atoms with E-state index in [2.05, 4.69) is 82.4 Å². The van der Waals surface area contributed by atoms with Crippen molar-refractivity contribution in [2.24, 2.45) is 7.05 Å². The first-order chi connectivity index (χ1) is 13.0. The van der Waals surface area contributed by atoms with Gasteiger partial charge >= 0.3 is 0 Å². The summed E-state index contributed by atoms with van der Waals surface area (Å²) in [6.45, 7) is 4.42. The Morgan fingerprint density at radius 1 is 1.07 bits per heavy atom. The molecule has 0 saturated carbocycles. The van der Waals surface area contributed by atoms with Crippen LogP contribution in [0.4, 0.5) is 5.69 Å². The molecule has 2 atom stereocenters. The summed E-state index contributed by atoms with van der Waals surface area (Å²) in [6.07, 6.45) is 6.07. The number of nitrogens with zero attached hydrogens (tertiary/aromatic N) is 3. The summed E-state index contributed by atoms with van der Waals surface area (Å²) in [7, 11) is 2.04. The number of benzene rings is 1. The van der Waals surface area contributed by atoms with E-state index in [0.717, 1.165) is 16.5 Å². The van der Waals surface area contributed by atoms with E-state index in [-0.39, 0.29) is 12.1 Å². The molecule has 138 valence electrons. The quantitative estimate of drug-likeness (QED) is 0.668. The van der Waals surface area contributed by atoms with Crippen molar-refractivity contribution in [3.8, 4) is 0 Å². The lowest BCUT2D eigenvalue weighted by atomic mass is 9.98. The second-order valence-electron chi connectivity index (χ2n) is 7.35. The Hall–Kier alpha value is -2.66. The van der Waals surface area contributed by atoms with Gasteiger partial charge in [-0.3, -0.25) is 4.98 Å². The molecule has 5 heteroatoms. The van der Waals surface area contributed by atoms with Crippen LogP contribution in [0.5, 0.6) is 0 Å². The Morgan fingerprint density at radius 2 is 1.85 bits per heavy atom. The molecule has 2 aromatic heterocycles. The third kappa shape index (κ3) is 3.35. The molecule has 0 amide bonds. The molecule has 4 nitrogen and oxygen atoms in total. The van der Waals surface area contributed by atoms with Gasteiger partial charge in [0.25, 0.3) is 0 Å². The topological polar surface area (TPSA) is 33.1 Å². The molecule has 3 heterocycles. The fourth-order valence-electron chi connectivity index (χ4n) is 3.69. The van der Waals surface area contributed by atoms with E-state index in [1.807, 2.05) is 25.4 Å². The van der Waals surface area contributed by atoms with Gasteiger partial charge in [-0.1, -0.05) is 32.0 Å². The third-order valence-corrected chi connectivity index (χ3v) is 5.45. The molecular formula is C22H24N4S. The van der Waals surface area contributed by atoms with Crippen molar-refractivity contribution in [2.45, 2.75) is 31.8 Å². The summed E-state index contributed by atoms with van der Waals surface area (Å²) in [4.78, 5) is 6.80. The van der Waals surface area contributed by atoms with Gasteiger partial charge in [0.15, 0.2) is 5.11 Å². The normalized spacial score (nSPS) is 19.6. The molecule has 27 heavy (non-hydrogen) atoms. The number of aryl methyl sites for hydroxylation is 1. The Kier molecular flexibility index (Phi) is 4.70. The maximum absolute atomic E-state index is 5.75. The third-order valence-electron chi connectivity index (χ3n) is 5.13. The molecule has 0 spiro atoms. The number of anilines is 1. The molecule has 0 bridgehead atoms. The van der Waals surface area contributed by atoms with E-state index in [4.69, 9.17) is 12.2 Å². The van der Waals surface area contributed by atoms with Crippen LogP contribution >= 0.6 is 12.2 Å². The first kappa shape index (κ1) is 17.7. The molecule has 1 saturated heterocycles. The van der Waals surface area contributed by atoms with Gasteiger partial charge in [-0.15, -0.1) is 0 Å². The van der Waals surface area contributed by atoms with Gasteiger partial charge in [0, 0.05) is 31.3 Å². The van der Waals surface area contributed by atoms with Gasteiger partial charge in [0.05, 0.1) is 17.8 Å². The van der Waals surface area contributed by atoms with Gasteiger partial charge in [-0.05, 0) is 59.6 Å². The van der Waals surface area contributed by atoms with Crippen molar-refractivity contribution < 1.29 is 0 Å². The maximum Gasteiger partial charge on any atom is 0.174 e. The van der Waals surface area contributed by atoms with Crippen molar-refractivity contribution in [2.75, 3.05) is 4.90 Å². The van der Waals surface area contributed by atoms with E-state index in [9.17, 15) is 0 Å². The minimum absolute atomic E-state index is 0.00544. The Labute approximate surface area is 165 Å². The van der Waals surface area contributed by atoms with Crippen LogP contribution in [0.25, 0.3) is 0 Å². The summed E-state index contributed by atoms with van der Waals surface area (Å²) in [5.41, 5.74) is 4.64. The van der Waals surface area contributed by atoms with E-state index in [0.29, 0.717) is 5.92 Å².